The van der Waals surface area contributed by atoms with Crippen LogP contribution < -0.4 is 0 Å². The molecule has 0 aromatic rings. The van der Waals surface area contributed by atoms with Crippen molar-refractivity contribution in [3.8, 4) is 0 Å². The van der Waals surface area contributed by atoms with Gasteiger partial charge in [0.15, 0.2) is 0 Å². The first-order valence-electron chi connectivity index (χ1n) is 3.07. The van der Waals surface area contributed by atoms with Crippen molar-refractivity contribution in [2.24, 2.45) is 5.28 Å². The first-order chi connectivity index (χ1) is 4.77. The molecule has 0 N–H and O–H groups in total. The Kier molecular flexibility index (Phi) is 1.99. The summed E-state index contributed by atoms with van der Waals surface area (Å²) < 4.78 is 5.06. The summed E-state index contributed by atoms with van der Waals surface area (Å²) in [4.78, 5) is 6.96. The van der Waals surface area contributed by atoms with Crippen LogP contribution in [0, 0.1) is 0 Å². The van der Waals surface area contributed by atoms with Gasteiger partial charge in [0.05, 0.1) is 18.8 Å². The highest BCUT2D eigenvalue weighted by atomic mass is 16.6. The smallest absolute Gasteiger partial charge is 0.111 e. The Morgan fingerprint density at radius 2 is 2.60 bits per heavy atom. The minimum Gasteiger partial charge on any atom is -0.433 e. The molecule has 1 saturated heterocycles. The number of rotatable bonds is 4. The number of hydrogen-bond donors (Lipinski definition) is 0. The first-order valence-corrected chi connectivity index (χ1v) is 3.07. The van der Waals surface area contributed by atoms with Crippen molar-refractivity contribution >= 4 is 0 Å². The van der Waals surface area contributed by atoms with Crippen LogP contribution in [-0.2, 0) is 9.57 Å². The highest BCUT2D eigenvalue weighted by molar-refractivity contribution is 4.86. The largest absolute Gasteiger partial charge is 0.433 e. The SMILES string of the molecule is CC1(CCON=[N+]=[N-])CO1. The predicted octanol–water partition coefficient (Wildman–Crippen LogP) is 1.41. The molecule has 0 radical (unpaired) electrons. The van der Waals surface area contributed by atoms with Gasteiger partial charge in [0.25, 0.3) is 0 Å². The van der Waals surface area contributed by atoms with Crippen LogP contribution in [0.2, 0.25) is 0 Å². The van der Waals surface area contributed by atoms with Crippen LogP contribution in [-0.4, -0.2) is 18.8 Å². The van der Waals surface area contributed by atoms with Gasteiger partial charge < -0.3 is 9.57 Å². The molecule has 1 aliphatic heterocycles. The van der Waals surface area contributed by atoms with E-state index in [2.05, 4.69) is 15.0 Å². The van der Waals surface area contributed by atoms with Crippen molar-refractivity contribution < 1.29 is 9.57 Å². The second-order valence-electron chi connectivity index (χ2n) is 2.49. The van der Waals surface area contributed by atoms with Crippen LogP contribution in [0.3, 0.4) is 0 Å². The molecule has 1 aliphatic rings. The number of azide groups is 1. The van der Waals surface area contributed by atoms with Crippen LogP contribution in [0.25, 0.3) is 10.4 Å². The predicted molar refractivity (Wildman–Crippen MR) is 34.1 cm³/mol. The van der Waals surface area contributed by atoms with E-state index >= 15 is 0 Å². The third-order valence-corrected chi connectivity index (χ3v) is 1.45. The quantitative estimate of drug-likeness (QED) is 0.149. The van der Waals surface area contributed by atoms with Gasteiger partial charge in [-0.25, -0.2) is 0 Å². The van der Waals surface area contributed by atoms with Crippen molar-refractivity contribution in [2.75, 3.05) is 13.2 Å². The van der Waals surface area contributed by atoms with Crippen molar-refractivity contribution in [3.63, 3.8) is 0 Å². The Morgan fingerprint density at radius 3 is 3.10 bits per heavy atom. The van der Waals surface area contributed by atoms with Crippen LogP contribution in [0.1, 0.15) is 13.3 Å². The molecule has 0 saturated carbocycles. The van der Waals surface area contributed by atoms with Crippen molar-refractivity contribution in [1.82, 2.24) is 0 Å². The Morgan fingerprint density at radius 1 is 1.90 bits per heavy atom. The molecule has 0 spiro atoms. The van der Waals surface area contributed by atoms with Crippen LogP contribution >= 0.6 is 0 Å². The summed E-state index contributed by atoms with van der Waals surface area (Å²) in [6, 6.07) is 0. The summed E-state index contributed by atoms with van der Waals surface area (Å²) in [5.74, 6) is 0. The van der Waals surface area contributed by atoms with Gasteiger partial charge in [-0.3, -0.25) is 0 Å². The maximum atomic E-state index is 7.81. The van der Waals surface area contributed by atoms with Gasteiger partial charge in [0.2, 0.25) is 0 Å². The number of nitrogens with zero attached hydrogens (tertiary/aromatic N) is 3. The lowest BCUT2D eigenvalue weighted by Gasteiger charge is -2.01. The molecule has 10 heavy (non-hydrogen) atoms. The molecule has 56 valence electrons. The summed E-state index contributed by atoms with van der Waals surface area (Å²) in [6.45, 7) is 3.21. The van der Waals surface area contributed by atoms with Gasteiger partial charge in [0, 0.05) is 11.3 Å². The summed E-state index contributed by atoms with van der Waals surface area (Å²) in [5.41, 5.74) is 7.80. The van der Waals surface area contributed by atoms with Crippen LogP contribution in [0.5, 0.6) is 0 Å². The van der Waals surface area contributed by atoms with E-state index in [-0.39, 0.29) is 5.60 Å². The van der Waals surface area contributed by atoms with Crippen molar-refractivity contribution in [1.29, 1.82) is 0 Å². The highest BCUT2D eigenvalue weighted by Crippen LogP contribution is 2.29. The van der Waals surface area contributed by atoms with E-state index < -0.39 is 0 Å². The molecule has 0 bridgehead atoms. The summed E-state index contributed by atoms with van der Waals surface area (Å²) in [7, 11) is 0. The van der Waals surface area contributed by atoms with Gasteiger partial charge in [-0.05, 0) is 12.5 Å². The molecule has 1 unspecified atom stereocenters. The van der Waals surface area contributed by atoms with E-state index in [1.807, 2.05) is 6.92 Å². The fraction of sp³-hybridized carbons (Fsp3) is 1.00. The van der Waals surface area contributed by atoms with Crippen LogP contribution in [0.4, 0.5) is 0 Å². The molecule has 1 atom stereocenters. The van der Waals surface area contributed by atoms with Gasteiger partial charge >= 0.3 is 0 Å². The lowest BCUT2D eigenvalue weighted by molar-refractivity contribution is 0.116. The second kappa shape index (κ2) is 2.77. The first kappa shape index (κ1) is 7.18. The molecule has 0 aromatic carbocycles. The fourth-order valence-electron chi connectivity index (χ4n) is 0.596. The van der Waals surface area contributed by atoms with E-state index in [1.165, 1.54) is 0 Å². The molecular weight excluding hydrogens is 134 g/mol. The summed E-state index contributed by atoms with van der Waals surface area (Å²) in [5, 5.41) is 2.93. The molecule has 1 heterocycles. The normalized spacial score (nSPS) is 28.9. The van der Waals surface area contributed by atoms with Crippen molar-refractivity contribution in [2.45, 2.75) is 18.9 Å². The fourth-order valence-corrected chi connectivity index (χ4v) is 0.596. The Hall–Kier alpha value is -0.930. The Balaban J connectivity index is 2.00. The minimum absolute atomic E-state index is 0.00895. The molecule has 0 aromatic heterocycles. The zero-order valence-electron chi connectivity index (χ0n) is 5.78. The Labute approximate surface area is 58.5 Å². The van der Waals surface area contributed by atoms with Gasteiger partial charge in [-0.15, -0.1) is 0 Å². The van der Waals surface area contributed by atoms with Gasteiger partial charge in [0.1, 0.15) is 5.28 Å². The molecular formula is C5H9N3O2. The van der Waals surface area contributed by atoms with E-state index in [0.29, 0.717) is 6.61 Å². The third kappa shape index (κ3) is 2.13. The average Bonchev–Trinajstić information content (AvgIpc) is 2.62. The molecule has 1 rings (SSSR count). The minimum atomic E-state index is -0.00895. The molecule has 1 fully saturated rings. The molecule has 0 aliphatic carbocycles. The molecule has 5 heteroatoms. The molecule has 0 amide bonds. The number of ether oxygens (including phenoxy) is 1. The second-order valence-corrected chi connectivity index (χ2v) is 2.49. The Bertz CT molecular complexity index is 160. The zero-order chi connectivity index (χ0) is 7.45. The molecule has 5 nitrogen and oxygen atoms in total. The number of hydrogen-bond acceptors (Lipinski definition) is 3. The maximum Gasteiger partial charge on any atom is 0.111 e. The third-order valence-electron chi connectivity index (χ3n) is 1.45. The monoisotopic (exact) mass is 143 g/mol. The topological polar surface area (TPSA) is 70.5 Å². The van der Waals surface area contributed by atoms with Crippen LogP contribution in [0.15, 0.2) is 5.28 Å². The lowest BCUT2D eigenvalue weighted by atomic mass is 10.1. The van der Waals surface area contributed by atoms with E-state index in [4.69, 9.17) is 10.3 Å². The van der Waals surface area contributed by atoms with E-state index in [1.54, 1.807) is 0 Å². The van der Waals surface area contributed by atoms with Gasteiger partial charge in [-0.1, -0.05) is 0 Å². The van der Waals surface area contributed by atoms with E-state index in [0.717, 1.165) is 13.0 Å². The van der Waals surface area contributed by atoms with E-state index in [9.17, 15) is 0 Å². The lowest BCUT2D eigenvalue weighted by Crippen LogP contribution is -2.07. The highest BCUT2D eigenvalue weighted by Gasteiger charge is 2.38. The zero-order valence-corrected chi connectivity index (χ0v) is 5.78. The summed E-state index contributed by atoms with van der Waals surface area (Å²) in [6.07, 6.45) is 0.784. The maximum absolute atomic E-state index is 7.81. The van der Waals surface area contributed by atoms with Gasteiger partial charge in [-0.2, -0.15) is 0 Å². The standard InChI is InChI=1S/C5H9N3O2/c1-5(4-9-5)2-3-10-8-7-6/h2-4H2,1H3. The number of epoxide rings is 1. The average molecular weight is 143 g/mol. The summed E-state index contributed by atoms with van der Waals surface area (Å²) >= 11 is 0. The van der Waals surface area contributed by atoms with Crippen molar-refractivity contribution in [3.05, 3.63) is 10.4 Å².